The first-order valence-electron chi connectivity index (χ1n) is 7.73. The third-order valence-corrected chi connectivity index (χ3v) is 6.53. The van der Waals surface area contributed by atoms with E-state index >= 15 is 0 Å². The van der Waals surface area contributed by atoms with Crippen molar-refractivity contribution in [3.63, 3.8) is 0 Å². The first kappa shape index (κ1) is 13.1. The number of thioether (sulfide) groups is 1. The summed E-state index contributed by atoms with van der Waals surface area (Å²) < 4.78 is 0. The average Bonchev–Trinajstić information content (AvgIpc) is 3.01. The van der Waals surface area contributed by atoms with Crippen LogP contribution >= 0.6 is 11.8 Å². The number of allylic oxidation sites excluding steroid dienone is 2. The number of fused-ring (bicyclic) bond motifs is 2. The van der Waals surface area contributed by atoms with Crippen molar-refractivity contribution in [3.05, 3.63) is 12.2 Å². The van der Waals surface area contributed by atoms with Crippen LogP contribution in [-0.2, 0) is 0 Å². The van der Waals surface area contributed by atoms with Crippen LogP contribution in [0.25, 0.3) is 0 Å². The molecule has 0 heterocycles. The van der Waals surface area contributed by atoms with Crippen LogP contribution in [-0.4, -0.2) is 23.6 Å². The molecule has 1 N–H and O–H groups in total. The standard InChI is InChI=1S/C16H27NS/c1-11(16-9-12-6-7-13(16)8-12)17-14-4-3-5-15(10-14)18-2/h6-7,11-17H,3-5,8-10H2,1-2H3. The average molecular weight is 265 g/mol. The molecule has 0 spiro atoms. The monoisotopic (exact) mass is 265 g/mol. The summed E-state index contributed by atoms with van der Waals surface area (Å²) in [5.41, 5.74) is 0. The Bertz CT molecular complexity index is 314. The van der Waals surface area contributed by atoms with Crippen molar-refractivity contribution >= 4 is 11.8 Å². The molecule has 0 radical (unpaired) electrons. The molecule has 6 atom stereocenters. The molecule has 0 aromatic carbocycles. The molecule has 0 aliphatic heterocycles. The summed E-state index contributed by atoms with van der Waals surface area (Å²) >= 11 is 2.07. The molecule has 0 aromatic heterocycles. The number of hydrogen-bond donors (Lipinski definition) is 1. The zero-order valence-electron chi connectivity index (χ0n) is 11.8. The van der Waals surface area contributed by atoms with Gasteiger partial charge in [-0.1, -0.05) is 18.6 Å². The highest BCUT2D eigenvalue weighted by molar-refractivity contribution is 7.99. The van der Waals surface area contributed by atoms with E-state index in [1.54, 1.807) is 0 Å². The molecule has 3 rings (SSSR count). The zero-order chi connectivity index (χ0) is 12.5. The van der Waals surface area contributed by atoms with Crippen LogP contribution in [0.3, 0.4) is 0 Å². The topological polar surface area (TPSA) is 12.0 Å². The van der Waals surface area contributed by atoms with Crippen LogP contribution in [0.5, 0.6) is 0 Å². The lowest BCUT2D eigenvalue weighted by Crippen LogP contribution is -2.44. The SMILES string of the molecule is CSC1CCCC(NC(C)C2CC3C=CC2C3)C1. The van der Waals surface area contributed by atoms with Gasteiger partial charge in [-0.2, -0.15) is 11.8 Å². The Labute approximate surface area is 116 Å². The van der Waals surface area contributed by atoms with Crippen molar-refractivity contribution in [3.8, 4) is 0 Å². The van der Waals surface area contributed by atoms with Gasteiger partial charge in [-0.3, -0.25) is 0 Å². The van der Waals surface area contributed by atoms with Crippen LogP contribution < -0.4 is 5.32 Å². The minimum absolute atomic E-state index is 0.718. The van der Waals surface area contributed by atoms with E-state index in [9.17, 15) is 0 Å². The maximum Gasteiger partial charge on any atom is 0.00802 e. The van der Waals surface area contributed by atoms with E-state index in [0.29, 0.717) is 0 Å². The molecule has 3 aliphatic carbocycles. The molecular weight excluding hydrogens is 238 g/mol. The Morgan fingerprint density at radius 3 is 2.72 bits per heavy atom. The summed E-state index contributed by atoms with van der Waals surface area (Å²) in [7, 11) is 0. The van der Waals surface area contributed by atoms with E-state index in [1.807, 2.05) is 0 Å². The van der Waals surface area contributed by atoms with Crippen LogP contribution in [0.1, 0.15) is 45.4 Å². The van der Waals surface area contributed by atoms with E-state index in [-0.39, 0.29) is 0 Å². The first-order chi connectivity index (χ1) is 8.76. The van der Waals surface area contributed by atoms with Gasteiger partial charge in [0.25, 0.3) is 0 Å². The van der Waals surface area contributed by atoms with Gasteiger partial charge in [0.2, 0.25) is 0 Å². The predicted molar refractivity (Wildman–Crippen MR) is 81.0 cm³/mol. The van der Waals surface area contributed by atoms with Crippen molar-refractivity contribution in [1.82, 2.24) is 5.32 Å². The van der Waals surface area contributed by atoms with E-state index in [1.165, 1.54) is 38.5 Å². The van der Waals surface area contributed by atoms with Crippen LogP contribution in [0, 0.1) is 17.8 Å². The third kappa shape index (κ3) is 2.65. The molecule has 2 saturated carbocycles. The van der Waals surface area contributed by atoms with Gasteiger partial charge in [-0.25, -0.2) is 0 Å². The van der Waals surface area contributed by atoms with E-state index < -0.39 is 0 Å². The molecule has 18 heavy (non-hydrogen) atoms. The van der Waals surface area contributed by atoms with Crippen molar-refractivity contribution in [2.45, 2.75) is 62.8 Å². The molecule has 0 saturated heterocycles. The van der Waals surface area contributed by atoms with Crippen LogP contribution in [0.2, 0.25) is 0 Å². The maximum atomic E-state index is 3.96. The number of nitrogens with one attached hydrogen (secondary N) is 1. The summed E-state index contributed by atoms with van der Waals surface area (Å²) in [6.07, 6.45) is 15.7. The second-order valence-corrected chi connectivity index (χ2v) is 7.76. The fourth-order valence-corrected chi connectivity index (χ4v) is 5.23. The molecule has 2 fully saturated rings. The lowest BCUT2D eigenvalue weighted by atomic mass is 9.86. The molecule has 102 valence electrons. The van der Waals surface area contributed by atoms with Gasteiger partial charge >= 0.3 is 0 Å². The molecular formula is C16H27NS. The van der Waals surface area contributed by atoms with Crippen LogP contribution in [0.15, 0.2) is 12.2 Å². The highest BCUT2D eigenvalue weighted by atomic mass is 32.2. The van der Waals surface area contributed by atoms with Gasteiger partial charge < -0.3 is 5.32 Å². The quantitative estimate of drug-likeness (QED) is 0.775. The lowest BCUT2D eigenvalue weighted by Gasteiger charge is -2.34. The Morgan fingerprint density at radius 2 is 2.06 bits per heavy atom. The van der Waals surface area contributed by atoms with Gasteiger partial charge in [-0.05, 0) is 63.0 Å². The van der Waals surface area contributed by atoms with Gasteiger partial charge in [0, 0.05) is 17.3 Å². The van der Waals surface area contributed by atoms with Gasteiger partial charge in [0.1, 0.15) is 0 Å². The Kier molecular flexibility index (Phi) is 4.05. The van der Waals surface area contributed by atoms with Crippen molar-refractivity contribution in [2.75, 3.05) is 6.26 Å². The predicted octanol–water partition coefficient (Wildman–Crippen LogP) is 3.85. The molecule has 3 aliphatic rings. The van der Waals surface area contributed by atoms with Gasteiger partial charge in [-0.15, -0.1) is 0 Å². The molecule has 1 nitrogen and oxygen atoms in total. The molecule has 2 bridgehead atoms. The van der Waals surface area contributed by atoms with Crippen molar-refractivity contribution < 1.29 is 0 Å². The Hall–Kier alpha value is 0.0500. The highest BCUT2D eigenvalue weighted by Crippen LogP contribution is 2.45. The van der Waals surface area contributed by atoms with Crippen molar-refractivity contribution in [2.24, 2.45) is 17.8 Å². The fraction of sp³-hybridized carbons (Fsp3) is 0.875. The number of rotatable bonds is 4. The summed E-state index contributed by atoms with van der Waals surface area (Å²) in [6, 6.07) is 1.50. The number of hydrogen-bond acceptors (Lipinski definition) is 2. The second kappa shape index (κ2) is 5.58. The van der Waals surface area contributed by atoms with Gasteiger partial charge in [0.15, 0.2) is 0 Å². The lowest BCUT2D eigenvalue weighted by molar-refractivity contribution is 0.270. The van der Waals surface area contributed by atoms with E-state index in [2.05, 4.69) is 42.4 Å². The summed E-state index contributed by atoms with van der Waals surface area (Å²) in [5, 5.41) is 4.87. The normalized spacial score (nSPS) is 44.4. The van der Waals surface area contributed by atoms with E-state index in [4.69, 9.17) is 0 Å². The van der Waals surface area contributed by atoms with E-state index in [0.717, 1.165) is 35.1 Å². The first-order valence-corrected chi connectivity index (χ1v) is 9.02. The zero-order valence-corrected chi connectivity index (χ0v) is 12.6. The Morgan fingerprint density at radius 1 is 1.17 bits per heavy atom. The van der Waals surface area contributed by atoms with Crippen molar-refractivity contribution in [1.29, 1.82) is 0 Å². The highest BCUT2D eigenvalue weighted by Gasteiger charge is 2.39. The summed E-state index contributed by atoms with van der Waals surface area (Å²) in [5.74, 6) is 2.71. The van der Waals surface area contributed by atoms with Crippen LogP contribution in [0.4, 0.5) is 0 Å². The minimum atomic E-state index is 0.718. The summed E-state index contributed by atoms with van der Waals surface area (Å²) in [6.45, 7) is 2.43. The minimum Gasteiger partial charge on any atom is -0.311 e. The smallest absolute Gasteiger partial charge is 0.00802 e. The largest absolute Gasteiger partial charge is 0.311 e. The summed E-state index contributed by atoms with van der Waals surface area (Å²) in [4.78, 5) is 0. The third-order valence-electron chi connectivity index (χ3n) is 5.43. The molecule has 0 amide bonds. The molecule has 6 unspecified atom stereocenters. The fourth-order valence-electron chi connectivity index (χ4n) is 4.40. The maximum absolute atomic E-state index is 3.96. The molecule has 0 aromatic rings. The molecule has 2 heteroatoms. The van der Waals surface area contributed by atoms with Gasteiger partial charge in [0.05, 0.1) is 0 Å². The second-order valence-electron chi connectivity index (χ2n) is 6.62. The Balaban J connectivity index is 1.51.